The largest absolute Gasteiger partial charge is 0.462 e. The number of aliphatic hydroxyl groups excluding tert-OH is 6. The molecule has 0 amide bonds. The first-order chi connectivity index (χ1) is 16.1. The van der Waals surface area contributed by atoms with Crippen LogP contribution in [0, 0.1) is 6.92 Å². The maximum Gasteiger partial charge on any atom is 0.336 e. The van der Waals surface area contributed by atoms with Gasteiger partial charge in [0, 0.05) is 17.5 Å². The Balaban J connectivity index is 1.61. The average Bonchev–Trinajstić information content (AvgIpc) is 2.80. The summed E-state index contributed by atoms with van der Waals surface area (Å²) in [5.74, 6) is 0.161. The number of aryl methyl sites for hydroxylation is 1. The molecule has 0 bridgehead atoms. The molecule has 2 aromatic rings. The van der Waals surface area contributed by atoms with Crippen molar-refractivity contribution in [2.75, 3.05) is 6.61 Å². The van der Waals surface area contributed by atoms with Crippen molar-refractivity contribution >= 4 is 11.0 Å². The van der Waals surface area contributed by atoms with E-state index < -0.39 is 73.6 Å². The normalized spacial score (nSPS) is 38.7. The van der Waals surface area contributed by atoms with E-state index in [1.807, 2.05) is 0 Å². The van der Waals surface area contributed by atoms with Gasteiger partial charge in [0.15, 0.2) is 12.4 Å². The molecule has 2 aliphatic rings. The van der Waals surface area contributed by atoms with E-state index in [4.69, 9.17) is 23.4 Å². The molecule has 0 spiro atoms. The number of rotatable bonds is 5. The van der Waals surface area contributed by atoms with Crippen molar-refractivity contribution in [3.05, 3.63) is 40.2 Å². The molecule has 0 radical (unpaired) electrons. The number of hydrogen-bond acceptors (Lipinski definition) is 12. The fraction of sp³-hybridized carbons (Fsp3) is 0.591. The van der Waals surface area contributed by atoms with E-state index in [2.05, 4.69) is 0 Å². The van der Waals surface area contributed by atoms with Gasteiger partial charge in [-0.05, 0) is 31.5 Å². The fourth-order valence-corrected chi connectivity index (χ4v) is 4.09. The van der Waals surface area contributed by atoms with E-state index >= 15 is 0 Å². The van der Waals surface area contributed by atoms with E-state index in [1.165, 1.54) is 19.1 Å². The molecular weight excluding hydrogens is 456 g/mol. The van der Waals surface area contributed by atoms with Gasteiger partial charge in [0.2, 0.25) is 6.29 Å². The van der Waals surface area contributed by atoms with Crippen LogP contribution in [-0.4, -0.2) is 98.7 Å². The minimum absolute atomic E-state index is 0.161. The summed E-state index contributed by atoms with van der Waals surface area (Å²) in [5.41, 5.74) is 0.395. The van der Waals surface area contributed by atoms with Gasteiger partial charge >= 0.3 is 5.63 Å². The van der Waals surface area contributed by atoms with E-state index in [0.29, 0.717) is 10.9 Å². The third-order valence-electron chi connectivity index (χ3n) is 6.10. The van der Waals surface area contributed by atoms with E-state index in [9.17, 15) is 35.4 Å². The highest BCUT2D eigenvalue weighted by Gasteiger charge is 2.50. The summed E-state index contributed by atoms with van der Waals surface area (Å²) in [4.78, 5) is 11.7. The van der Waals surface area contributed by atoms with Gasteiger partial charge in [0.05, 0.1) is 12.7 Å². The van der Waals surface area contributed by atoms with Gasteiger partial charge in [0.1, 0.15) is 48.0 Å². The van der Waals surface area contributed by atoms with Crippen LogP contribution in [0.3, 0.4) is 0 Å². The summed E-state index contributed by atoms with van der Waals surface area (Å²) in [6, 6.07) is 6.01. The molecule has 10 atom stereocenters. The number of aliphatic hydroxyl groups is 6. The Morgan fingerprint density at radius 2 is 1.65 bits per heavy atom. The molecule has 12 nitrogen and oxygen atoms in total. The molecule has 0 saturated carbocycles. The Labute approximate surface area is 193 Å². The van der Waals surface area contributed by atoms with Gasteiger partial charge < -0.3 is 54.0 Å². The third kappa shape index (κ3) is 4.69. The van der Waals surface area contributed by atoms with Gasteiger partial charge in [-0.1, -0.05) is 0 Å². The first kappa shape index (κ1) is 25.0. The van der Waals surface area contributed by atoms with Gasteiger partial charge in [-0.2, -0.15) is 0 Å². The van der Waals surface area contributed by atoms with Gasteiger partial charge in [0.25, 0.3) is 0 Å². The van der Waals surface area contributed by atoms with Gasteiger partial charge in [-0.3, -0.25) is 0 Å². The predicted molar refractivity (Wildman–Crippen MR) is 113 cm³/mol. The molecule has 2 aliphatic heterocycles. The van der Waals surface area contributed by atoms with Gasteiger partial charge in [-0.25, -0.2) is 4.79 Å². The molecule has 12 heteroatoms. The van der Waals surface area contributed by atoms with E-state index in [0.717, 1.165) is 0 Å². The van der Waals surface area contributed by atoms with Crippen LogP contribution >= 0.6 is 0 Å². The molecule has 188 valence electrons. The van der Waals surface area contributed by atoms with Crippen LogP contribution in [0.5, 0.6) is 5.75 Å². The maximum atomic E-state index is 11.7. The Morgan fingerprint density at radius 1 is 0.912 bits per heavy atom. The Morgan fingerprint density at radius 3 is 2.35 bits per heavy atom. The molecule has 10 unspecified atom stereocenters. The lowest BCUT2D eigenvalue weighted by atomic mass is 9.97. The second-order valence-electron chi connectivity index (χ2n) is 8.51. The highest BCUT2D eigenvalue weighted by Crippen LogP contribution is 2.31. The smallest absolute Gasteiger partial charge is 0.336 e. The lowest BCUT2D eigenvalue weighted by Gasteiger charge is -2.45. The van der Waals surface area contributed by atoms with Crippen LogP contribution < -0.4 is 10.4 Å². The molecule has 0 aliphatic carbocycles. The van der Waals surface area contributed by atoms with Crippen LogP contribution in [0.4, 0.5) is 0 Å². The third-order valence-corrected chi connectivity index (χ3v) is 6.10. The number of ether oxygens (including phenoxy) is 4. The molecule has 1 aromatic heterocycles. The Hall–Kier alpha value is -2.13. The average molecular weight is 484 g/mol. The van der Waals surface area contributed by atoms with Crippen LogP contribution in [0.2, 0.25) is 0 Å². The fourth-order valence-electron chi connectivity index (χ4n) is 4.09. The molecule has 4 rings (SSSR count). The van der Waals surface area contributed by atoms with Crippen LogP contribution in [0.1, 0.15) is 12.5 Å². The molecule has 1 aromatic carbocycles. The Kier molecular flexibility index (Phi) is 7.24. The summed E-state index contributed by atoms with van der Waals surface area (Å²) in [6.45, 7) is 2.57. The monoisotopic (exact) mass is 484 g/mol. The Bertz CT molecular complexity index is 1060. The highest BCUT2D eigenvalue weighted by molar-refractivity contribution is 5.81. The van der Waals surface area contributed by atoms with Crippen molar-refractivity contribution in [3.8, 4) is 5.75 Å². The number of hydrogen-bond donors (Lipinski definition) is 6. The summed E-state index contributed by atoms with van der Waals surface area (Å²) in [7, 11) is 0. The molecule has 34 heavy (non-hydrogen) atoms. The molecule has 3 heterocycles. The van der Waals surface area contributed by atoms with Crippen molar-refractivity contribution in [2.24, 2.45) is 0 Å². The van der Waals surface area contributed by atoms with Crippen molar-refractivity contribution in [1.29, 1.82) is 0 Å². The lowest BCUT2D eigenvalue weighted by Crippen LogP contribution is -2.64. The molecule has 2 saturated heterocycles. The van der Waals surface area contributed by atoms with Crippen LogP contribution in [0.15, 0.2) is 33.5 Å². The number of benzene rings is 1. The van der Waals surface area contributed by atoms with Crippen molar-refractivity contribution in [1.82, 2.24) is 0 Å². The van der Waals surface area contributed by atoms with E-state index in [-0.39, 0.29) is 11.3 Å². The summed E-state index contributed by atoms with van der Waals surface area (Å²) < 4.78 is 27.7. The lowest BCUT2D eigenvalue weighted by molar-refractivity contribution is -0.354. The molecular formula is C22H28O12. The van der Waals surface area contributed by atoms with Gasteiger partial charge in [-0.15, -0.1) is 0 Å². The standard InChI is InChI=1S/C22H28O12/c1-8-5-14(24)32-12-6-10(3-4-11(8)12)31-22-20(18(28)16(26)13(7-23)33-22)34-21-19(29)17(27)15(25)9(2)30-21/h3-6,9,13,15-23,25-29H,7H2,1-2H3. The quantitative estimate of drug-likeness (QED) is 0.260. The second kappa shape index (κ2) is 9.85. The minimum atomic E-state index is -1.68. The molecule has 2 fully saturated rings. The second-order valence-corrected chi connectivity index (χ2v) is 8.51. The maximum absolute atomic E-state index is 11.7. The zero-order valence-corrected chi connectivity index (χ0v) is 18.4. The first-order valence-corrected chi connectivity index (χ1v) is 10.8. The highest BCUT2D eigenvalue weighted by atomic mass is 16.8. The SMILES string of the molecule is Cc1cc(=O)oc2cc(OC3OC(CO)C(O)C(O)C3OC3OC(C)C(O)C(O)C3O)ccc12. The zero-order chi connectivity index (χ0) is 24.7. The first-order valence-electron chi connectivity index (χ1n) is 10.8. The summed E-state index contributed by atoms with van der Waals surface area (Å²) >= 11 is 0. The van der Waals surface area contributed by atoms with Crippen LogP contribution in [0.25, 0.3) is 11.0 Å². The van der Waals surface area contributed by atoms with Crippen molar-refractivity contribution in [3.63, 3.8) is 0 Å². The van der Waals surface area contributed by atoms with Crippen LogP contribution in [-0.2, 0) is 14.2 Å². The van der Waals surface area contributed by atoms with Crippen molar-refractivity contribution < 1.29 is 54.0 Å². The predicted octanol–water partition coefficient (Wildman–Crippen LogP) is -1.87. The summed E-state index contributed by atoms with van der Waals surface area (Å²) in [6.07, 6.45) is -14.3. The minimum Gasteiger partial charge on any atom is -0.462 e. The zero-order valence-electron chi connectivity index (χ0n) is 18.4. The molecule has 6 N–H and O–H groups in total. The topological polar surface area (TPSA) is 189 Å². The summed E-state index contributed by atoms with van der Waals surface area (Å²) in [5, 5.41) is 61.4. The van der Waals surface area contributed by atoms with E-state index in [1.54, 1.807) is 19.1 Å². The number of fused-ring (bicyclic) bond motifs is 1. The van der Waals surface area contributed by atoms with Crippen molar-refractivity contribution in [2.45, 2.75) is 75.3 Å².